The number of hydrogen-bond donors (Lipinski definition) is 0. The van der Waals surface area contributed by atoms with Crippen LogP contribution in [0.25, 0.3) is 22.3 Å². The van der Waals surface area contributed by atoms with Crippen LogP contribution in [0.5, 0.6) is 11.5 Å². The number of para-hydroxylation sites is 1. The third-order valence-electron chi connectivity index (χ3n) is 6.40. The van der Waals surface area contributed by atoms with Crippen molar-refractivity contribution in [2.75, 3.05) is 6.61 Å². The van der Waals surface area contributed by atoms with Crippen molar-refractivity contribution in [3.8, 4) is 29.0 Å². The highest BCUT2D eigenvalue weighted by Crippen LogP contribution is 2.35. The molecule has 0 aliphatic rings. The lowest BCUT2D eigenvalue weighted by Gasteiger charge is -2.15. The molecule has 0 amide bonds. The number of rotatable bonds is 8. The first-order valence-corrected chi connectivity index (χ1v) is 13.8. The van der Waals surface area contributed by atoms with E-state index >= 15 is 0 Å². The lowest BCUT2D eigenvalue weighted by molar-refractivity contribution is -0.137. The van der Waals surface area contributed by atoms with Gasteiger partial charge in [0.2, 0.25) is 0 Å². The first-order valence-electron chi connectivity index (χ1n) is 13.0. The van der Waals surface area contributed by atoms with Gasteiger partial charge in [0.15, 0.2) is 17.3 Å². The SMILES string of the molecule is CCOc1cc(C=Nn2c(-c3cccc(C(F)(F)F)c3)nc3ccccc3c2=O)c(Br)cc1OCc1ccccc1C#N. The van der Waals surface area contributed by atoms with Crippen LogP contribution in [0, 0.1) is 11.3 Å². The van der Waals surface area contributed by atoms with Crippen molar-refractivity contribution in [3.05, 3.63) is 122 Å². The van der Waals surface area contributed by atoms with E-state index in [9.17, 15) is 23.2 Å². The number of ether oxygens (including phenoxy) is 2. The second-order valence-corrected chi connectivity index (χ2v) is 10.1. The van der Waals surface area contributed by atoms with E-state index in [4.69, 9.17) is 9.47 Å². The monoisotopic (exact) mass is 646 g/mol. The molecular formula is C32H22BrF3N4O3. The summed E-state index contributed by atoms with van der Waals surface area (Å²) < 4.78 is 53.8. The predicted octanol–water partition coefficient (Wildman–Crippen LogP) is 7.58. The molecule has 11 heteroatoms. The van der Waals surface area contributed by atoms with E-state index in [1.54, 1.807) is 54.6 Å². The summed E-state index contributed by atoms with van der Waals surface area (Å²) in [5.74, 6) is 0.750. The summed E-state index contributed by atoms with van der Waals surface area (Å²) in [6, 6.07) is 23.7. The van der Waals surface area contributed by atoms with Gasteiger partial charge in [-0.3, -0.25) is 4.79 Å². The summed E-state index contributed by atoms with van der Waals surface area (Å²) in [4.78, 5) is 18.0. The van der Waals surface area contributed by atoms with Crippen molar-refractivity contribution in [1.82, 2.24) is 9.66 Å². The number of hydrogen-bond acceptors (Lipinski definition) is 6. The number of benzene rings is 4. The fraction of sp³-hybridized carbons (Fsp3) is 0.125. The van der Waals surface area contributed by atoms with Crippen molar-refractivity contribution in [1.29, 1.82) is 5.26 Å². The molecule has 5 aromatic rings. The van der Waals surface area contributed by atoms with Crippen LogP contribution in [0.3, 0.4) is 0 Å². The number of halogens is 4. The van der Waals surface area contributed by atoms with Gasteiger partial charge in [-0.25, -0.2) is 4.98 Å². The third-order valence-corrected chi connectivity index (χ3v) is 7.08. The summed E-state index contributed by atoms with van der Waals surface area (Å²) in [5.41, 5.74) is 0.680. The van der Waals surface area contributed by atoms with Gasteiger partial charge >= 0.3 is 6.18 Å². The minimum Gasteiger partial charge on any atom is -0.490 e. The molecule has 0 atom stereocenters. The van der Waals surface area contributed by atoms with Crippen LogP contribution in [-0.4, -0.2) is 22.5 Å². The average Bonchev–Trinajstić information content (AvgIpc) is 3.00. The Bertz CT molecular complexity index is 1950. The Hall–Kier alpha value is -4.95. The molecule has 0 radical (unpaired) electrons. The Morgan fingerprint density at radius 1 is 1.00 bits per heavy atom. The Morgan fingerprint density at radius 2 is 1.74 bits per heavy atom. The van der Waals surface area contributed by atoms with E-state index in [1.807, 2.05) is 13.0 Å². The van der Waals surface area contributed by atoms with Gasteiger partial charge in [-0.1, -0.05) is 42.5 Å². The van der Waals surface area contributed by atoms with Gasteiger partial charge in [-0.05, 0) is 65.3 Å². The maximum Gasteiger partial charge on any atom is 0.416 e. The Morgan fingerprint density at radius 3 is 2.51 bits per heavy atom. The molecule has 5 rings (SSSR count). The summed E-state index contributed by atoms with van der Waals surface area (Å²) in [5, 5.41) is 14.0. The molecule has 43 heavy (non-hydrogen) atoms. The highest BCUT2D eigenvalue weighted by atomic mass is 79.9. The lowest BCUT2D eigenvalue weighted by atomic mass is 10.1. The van der Waals surface area contributed by atoms with Gasteiger partial charge in [0, 0.05) is 21.2 Å². The Labute approximate surface area is 252 Å². The van der Waals surface area contributed by atoms with Gasteiger partial charge in [0.05, 0.1) is 40.9 Å². The second kappa shape index (κ2) is 12.5. The summed E-state index contributed by atoms with van der Waals surface area (Å²) in [6.45, 7) is 2.27. The maximum atomic E-state index is 13.5. The molecule has 0 spiro atoms. The highest BCUT2D eigenvalue weighted by molar-refractivity contribution is 9.10. The van der Waals surface area contributed by atoms with Crippen LogP contribution in [0.2, 0.25) is 0 Å². The second-order valence-electron chi connectivity index (χ2n) is 9.20. The Balaban J connectivity index is 1.57. The molecule has 1 heterocycles. The van der Waals surface area contributed by atoms with Crippen LogP contribution in [0.1, 0.15) is 29.2 Å². The average molecular weight is 647 g/mol. The van der Waals surface area contributed by atoms with E-state index in [1.165, 1.54) is 18.3 Å². The number of fused-ring (bicyclic) bond motifs is 1. The van der Waals surface area contributed by atoms with E-state index < -0.39 is 17.3 Å². The zero-order valence-electron chi connectivity index (χ0n) is 22.6. The first-order chi connectivity index (χ1) is 20.7. The standard InChI is InChI=1S/C32H22BrF3N4O3/c1-2-42-28-15-23(26(33)16-29(28)43-19-22-9-4-3-8-21(22)17-37)18-38-40-30(20-10-7-11-24(14-20)32(34,35)36)39-27-13-6-5-12-25(27)31(40)41/h3-16,18H,2,19H2,1H3. The summed E-state index contributed by atoms with van der Waals surface area (Å²) in [7, 11) is 0. The molecule has 216 valence electrons. The van der Waals surface area contributed by atoms with Crippen molar-refractivity contribution in [3.63, 3.8) is 0 Å². The van der Waals surface area contributed by atoms with Gasteiger partial charge in [0.1, 0.15) is 6.61 Å². The van der Waals surface area contributed by atoms with E-state index in [0.29, 0.717) is 44.8 Å². The molecule has 0 unspecified atom stereocenters. The molecule has 0 fully saturated rings. The molecule has 1 aromatic heterocycles. The van der Waals surface area contributed by atoms with E-state index in [0.717, 1.165) is 16.8 Å². The normalized spacial score (nSPS) is 11.5. The molecule has 7 nitrogen and oxygen atoms in total. The van der Waals surface area contributed by atoms with E-state index in [-0.39, 0.29) is 23.4 Å². The molecule has 0 saturated heterocycles. The smallest absolute Gasteiger partial charge is 0.416 e. The minimum absolute atomic E-state index is 0.0525. The van der Waals surface area contributed by atoms with Crippen molar-refractivity contribution < 1.29 is 22.6 Å². The fourth-order valence-corrected chi connectivity index (χ4v) is 4.74. The zero-order chi connectivity index (χ0) is 30.6. The number of aromatic nitrogens is 2. The Kier molecular flexibility index (Phi) is 8.59. The minimum atomic E-state index is -4.58. The molecule has 4 aromatic carbocycles. The van der Waals surface area contributed by atoms with Gasteiger partial charge in [0.25, 0.3) is 5.56 Å². The molecule has 0 aliphatic carbocycles. The number of nitrogens with zero attached hydrogens (tertiary/aromatic N) is 4. The van der Waals surface area contributed by atoms with Crippen LogP contribution in [0.15, 0.2) is 99.3 Å². The number of nitriles is 1. The van der Waals surface area contributed by atoms with Gasteiger partial charge < -0.3 is 9.47 Å². The third kappa shape index (κ3) is 6.44. The number of alkyl halides is 3. The first kappa shape index (κ1) is 29.5. The predicted molar refractivity (Wildman–Crippen MR) is 160 cm³/mol. The lowest BCUT2D eigenvalue weighted by Crippen LogP contribution is -2.20. The van der Waals surface area contributed by atoms with Crippen LogP contribution < -0.4 is 15.0 Å². The largest absolute Gasteiger partial charge is 0.490 e. The van der Waals surface area contributed by atoms with Crippen LogP contribution >= 0.6 is 15.9 Å². The summed E-state index contributed by atoms with van der Waals surface area (Å²) in [6.07, 6.45) is -3.20. The molecule has 0 N–H and O–H groups in total. The quantitative estimate of drug-likeness (QED) is 0.162. The molecule has 0 bridgehead atoms. The fourth-order valence-electron chi connectivity index (χ4n) is 4.31. The summed E-state index contributed by atoms with van der Waals surface area (Å²) >= 11 is 3.51. The molecule has 0 saturated carbocycles. The molecular weight excluding hydrogens is 625 g/mol. The van der Waals surface area contributed by atoms with Crippen LogP contribution in [0.4, 0.5) is 13.2 Å². The van der Waals surface area contributed by atoms with Crippen molar-refractivity contribution >= 4 is 33.0 Å². The van der Waals surface area contributed by atoms with Crippen molar-refractivity contribution in [2.24, 2.45) is 5.10 Å². The highest BCUT2D eigenvalue weighted by Gasteiger charge is 2.31. The topological polar surface area (TPSA) is 89.5 Å². The maximum absolute atomic E-state index is 13.5. The van der Waals surface area contributed by atoms with Crippen molar-refractivity contribution in [2.45, 2.75) is 19.7 Å². The van der Waals surface area contributed by atoms with Gasteiger partial charge in [-0.15, -0.1) is 0 Å². The zero-order valence-corrected chi connectivity index (χ0v) is 24.2. The van der Waals surface area contributed by atoms with Crippen LogP contribution in [-0.2, 0) is 12.8 Å². The molecule has 0 aliphatic heterocycles. The van der Waals surface area contributed by atoms with E-state index in [2.05, 4.69) is 32.1 Å². The van der Waals surface area contributed by atoms with Gasteiger partial charge in [-0.2, -0.15) is 28.2 Å².